The Balaban J connectivity index is 2.00. The van der Waals surface area contributed by atoms with Crippen LogP contribution in [0.15, 0.2) is 42.5 Å². The van der Waals surface area contributed by atoms with Crippen molar-refractivity contribution in [2.24, 2.45) is 0 Å². The molecule has 1 unspecified atom stereocenters. The highest BCUT2D eigenvalue weighted by Crippen LogP contribution is 2.19. The van der Waals surface area contributed by atoms with E-state index in [0.717, 1.165) is 11.3 Å². The first-order chi connectivity index (χ1) is 9.95. The second-order valence-electron chi connectivity index (χ2n) is 5.01. The van der Waals surface area contributed by atoms with E-state index in [1.807, 2.05) is 32.0 Å². The summed E-state index contributed by atoms with van der Waals surface area (Å²) in [4.78, 5) is 12.1. The Morgan fingerprint density at radius 1 is 1.14 bits per heavy atom. The third-order valence-electron chi connectivity index (χ3n) is 3.25. The fourth-order valence-corrected chi connectivity index (χ4v) is 2.04. The summed E-state index contributed by atoms with van der Waals surface area (Å²) in [6.07, 6.45) is -0.606. The lowest BCUT2D eigenvalue weighted by molar-refractivity contribution is -0.122. The van der Waals surface area contributed by atoms with E-state index in [4.69, 9.17) is 16.3 Å². The predicted molar refractivity (Wildman–Crippen MR) is 86.1 cm³/mol. The summed E-state index contributed by atoms with van der Waals surface area (Å²) in [5.74, 6) is 0.378. The maximum atomic E-state index is 12.1. The monoisotopic (exact) mass is 303 g/mol. The van der Waals surface area contributed by atoms with Crippen LogP contribution in [0.2, 0.25) is 5.02 Å². The number of carbonyl (C=O) groups is 1. The molecule has 4 heteroatoms. The molecule has 110 valence electrons. The molecule has 21 heavy (non-hydrogen) atoms. The lowest BCUT2D eigenvalue weighted by Gasteiger charge is -2.15. The largest absolute Gasteiger partial charge is 0.481 e. The second-order valence-corrected chi connectivity index (χ2v) is 5.44. The predicted octanol–water partition coefficient (Wildman–Crippen LogP) is 4.36. The molecule has 1 atom stereocenters. The Hall–Kier alpha value is -2.00. The minimum atomic E-state index is -0.606. The normalized spacial score (nSPS) is 11.8. The smallest absolute Gasteiger partial charge is 0.265 e. The number of nitrogens with one attached hydrogen (secondary N) is 1. The van der Waals surface area contributed by atoms with Gasteiger partial charge in [0.05, 0.1) is 0 Å². The molecule has 0 aliphatic rings. The van der Waals surface area contributed by atoms with E-state index in [1.54, 1.807) is 31.2 Å². The van der Waals surface area contributed by atoms with Crippen molar-refractivity contribution in [1.29, 1.82) is 0 Å². The van der Waals surface area contributed by atoms with Crippen molar-refractivity contribution in [3.8, 4) is 5.75 Å². The Morgan fingerprint density at radius 2 is 1.90 bits per heavy atom. The molecule has 2 rings (SSSR count). The molecule has 0 aliphatic heterocycles. The molecule has 2 aromatic rings. The molecule has 0 spiro atoms. The average Bonchev–Trinajstić information content (AvgIpc) is 2.43. The van der Waals surface area contributed by atoms with Gasteiger partial charge >= 0.3 is 0 Å². The summed E-state index contributed by atoms with van der Waals surface area (Å²) < 4.78 is 5.59. The Morgan fingerprint density at radius 3 is 2.57 bits per heavy atom. The van der Waals surface area contributed by atoms with Crippen molar-refractivity contribution < 1.29 is 9.53 Å². The summed E-state index contributed by atoms with van der Waals surface area (Å²) in [5, 5.41) is 3.43. The number of hydrogen-bond donors (Lipinski definition) is 1. The molecule has 0 aromatic heterocycles. The molecule has 0 aliphatic carbocycles. The number of halogens is 1. The van der Waals surface area contributed by atoms with Gasteiger partial charge in [0.2, 0.25) is 0 Å². The molecule has 0 bridgehead atoms. The number of hydrogen-bond acceptors (Lipinski definition) is 2. The van der Waals surface area contributed by atoms with Crippen LogP contribution in [0.25, 0.3) is 0 Å². The molecule has 2 aromatic carbocycles. The molecular weight excluding hydrogens is 286 g/mol. The second kappa shape index (κ2) is 6.64. The van der Waals surface area contributed by atoms with Gasteiger partial charge in [-0.15, -0.1) is 0 Å². The third kappa shape index (κ3) is 4.23. The quantitative estimate of drug-likeness (QED) is 0.911. The summed E-state index contributed by atoms with van der Waals surface area (Å²) >= 11 is 5.89. The van der Waals surface area contributed by atoms with E-state index < -0.39 is 6.10 Å². The van der Waals surface area contributed by atoms with Crippen molar-refractivity contribution in [3.63, 3.8) is 0 Å². The van der Waals surface area contributed by atoms with Crippen LogP contribution >= 0.6 is 11.6 Å². The van der Waals surface area contributed by atoms with E-state index in [2.05, 4.69) is 5.32 Å². The molecule has 0 saturated carbocycles. The highest BCUT2D eigenvalue weighted by molar-refractivity contribution is 6.30. The Bertz CT molecular complexity index is 655. The number of ether oxygens (including phenoxy) is 1. The summed E-state index contributed by atoms with van der Waals surface area (Å²) in [6, 6.07) is 12.8. The zero-order valence-electron chi connectivity index (χ0n) is 12.3. The molecule has 0 fully saturated rings. The molecular formula is C17H18ClNO2. The maximum absolute atomic E-state index is 12.1. The number of amides is 1. The number of benzene rings is 2. The van der Waals surface area contributed by atoms with Gasteiger partial charge in [0.1, 0.15) is 5.75 Å². The minimum Gasteiger partial charge on any atom is -0.481 e. The van der Waals surface area contributed by atoms with Crippen molar-refractivity contribution in [2.45, 2.75) is 26.9 Å². The van der Waals surface area contributed by atoms with Crippen LogP contribution in [0.1, 0.15) is 18.1 Å². The molecule has 0 heterocycles. The van der Waals surface area contributed by atoms with Gasteiger partial charge in [-0.2, -0.15) is 0 Å². The van der Waals surface area contributed by atoms with Gasteiger partial charge in [-0.25, -0.2) is 0 Å². The van der Waals surface area contributed by atoms with Crippen molar-refractivity contribution in [2.75, 3.05) is 5.32 Å². The van der Waals surface area contributed by atoms with Gasteiger partial charge in [0.25, 0.3) is 5.91 Å². The first-order valence-corrected chi connectivity index (χ1v) is 7.14. The van der Waals surface area contributed by atoms with Gasteiger partial charge in [0.15, 0.2) is 6.10 Å². The molecule has 3 nitrogen and oxygen atoms in total. The standard InChI is InChI=1S/C17H18ClNO2/c1-11-7-8-15(9-12(11)2)19-17(20)13(3)21-16-6-4-5-14(18)10-16/h4-10,13H,1-3H3,(H,19,20). The topological polar surface area (TPSA) is 38.3 Å². The number of aryl methyl sites for hydroxylation is 2. The van der Waals surface area contributed by atoms with Gasteiger partial charge in [-0.05, 0) is 62.2 Å². The highest BCUT2D eigenvalue weighted by atomic mass is 35.5. The maximum Gasteiger partial charge on any atom is 0.265 e. The average molecular weight is 304 g/mol. The van der Waals surface area contributed by atoms with E-state index in [-0.39, 0.29) is 5.91 Å². The summed E-state index contributed by atoms with van der Waals surface area (Å²) in [6.45, 7) is 5.75. The van der Waals surface area contributed by atoms with Crippen LogP contribution in [-0.2, 0) is 4.79 Å². The van der Waals surface area contributed by atoms with Crippen molar-refractivity contribution in [1.82, 2.24) is 0 Å². The van der Waals surface area contributed by atoms with Gasteiger partial charge < -0.3 is 10.1 Å². The zero-order valence-corrected chi connectivity index (χ0v) is 13.1. The molecule has 1 amide bonds. The highest BCUT2D eigenvalue weighted by Gasteiger charge is 2.15. The first kappa shape index (κ1) is 15.4. The van der Waals surface area contributed by atoms with E-state index in [9.17, 15) is 4.79 Å². The van der Waals surface area contributed by atoms with Crippen LogP contribution in [0.4, 0.5) is 5.69 Å². The molecule has 0 saturated heterocycles. The number of rotatable bonds is 4. The van der Waals surface area contributed by atoms with Crippen LogP contribution in [0, 0.1) is 13.8 Å². The van der Waals surface area contributed by atoms with Gasteiger partial charge in [-0.3, -0.25) is 4.79 Å². The van der Waals surface area contributed by atoms with E-state index in [0.29, 0.717) is 10.8 Å². The van der Waals surface area contributed by atoms with Crippen LogP contribution in [0.5, 0.6) is 5.75 Å². The lowest BCUT2D eigenvalue weighted by atomic mass is 10.1. The molecule has 1 N–H and O–H groups in total. The van der Waals surface area contributed by atoms with Crippen LogP contribution in [0.3, 0.4) is 0 Å². The fraction of sp³-hybridized carbons (Fsp3) is 0.235. The third-order valence-corrected chi connectivity index (χ3v) is 3.49. The number of anilines is 1. The lowest BCUT2D eigenvalue weighted by Crippen LogP contribution is -2.30. The zero-order chi connectivity index (χ0) is 15.4. The Kier molecular flexibility index (Phi) is 4.86. The van der Waals surface area contributed by atoms with E-state index in [1.165, 1.54) is 5.56 Å². The van der Waals surface area contributed by atoms with Crippen LogP contribution in [-0.4, -0.2) is 12.0 Å². The molecule has 0 radical (unpaired) electrons. The fourth-order valence-electron chi connectivity index (χ4n) is 1.86. The summed E-state index contributed by atoms with van der Waals surface area (Å²) in [7, 11) is 0. The van der Waals surface area contributed by atoms with Gasteiger partial charge in [0, 0.05) is 10.7 Å². The van der Waals surface area contributed by atoms with Crippen molar-refractivity contribution in [3.05, 3.63) is 58.6 Å². The summed E-state index contributed by atoms with van der Waals surface area (Å²) in [5.41, 5.74) is 3.09. The number of carbonyl (C=O) groups excluding carboxylic acids is 1. The first-order valence-electron chi connectivity index (χ1n) is 6.76. The SMILES string of the molecule is Cc1ccc(NC(=O)C(C)Oc2cccc(Cl)c2)cc1C. The Labute approximate surface area is 129 Å². The van der Waals surface area contributed by atoms with Crippen LogP contribution < -0.4 is 10.1 Å². The van der Waals surface area contributed by atoms with E-state index >= 15 is 0 Å². The van der Waals surface area contributed by atoms with Crippen molar-refractivity contribution >= 4 is 23.2 Å². The van der Waals surface area contributed by atoms with Gasteiger partial charge in [-0.1, -0.05) is 23.7 Å². The minimum absolute atomic E-state index is 0.196.